The van der Waals surface area contributed by atoms with E-state index >= 15 is 0 Å². The maximum absolute atomic E-state index is 12.4. The average molecular weight is 341 g/mol. The monoisotopic (exact) mass is 340 g/mol. The van der Waals surface area contributed by atoms with Gasteiger partial charge in [-0.05, 0) is 52.3 Å². The Balaban J connectivity index is 3.21. The number of esters is 1. The van der Waals surface area contributed by atoms with Crippen LogP contribution in [0.3, 0.4) is 0 Å². The lowest BCUT2D eigenvalue weighted by molar-refractivity contribution is -0.152. The largest absolute Gasteiger partial charge is 0.544 e. The van der Waals surface area contributed by atoms with E-state index < -0.39 is 22.7 Å². The number of benzene rings is 1. The number of rotatable bonds is 7. The van der Waals surface area contributed by atoms with E-state index in [0.717, 1.165) is 11.3 Å². The van der Waals surface area contributed by atoms with Crippen molar-refractivity contribution >= 4 is 22.6 Å². The van der Waals surface area contributed by atoms with Gasteiger partial charge in [0.05, 0.1) is 6.61 Å². The molecule has 0 radical (unpaired) electrons. The molecular weight excluding hydrogens is 312 g/mol. The van der Waals surface area contributed by atoms with Crippen molar-refractivity contribution < 1.29 is 18.4 Å². The van der Waals surface area contributed by atoms with Gasteiger partial charge in [0.25, 0.3) is 0 Å². The summed E-state index contributed by atoms with van der Waals surface area (Å²) in [7, 11) is -3.71. The summed E-state index contributed by atoms with van der Waals surface area (Å²) in [6.07, 6.45) is -0.723. The predicted octanol–water partition coefficient (Wildman–Crippen LogP) is 4.36. The van der Waals surface area contributed by atoms with E-state index in [1.165, 1.54) is 0 Å². The van der Waals surface area contributed by atoms with Crippen molar-refractivity contribution in [3.05, 3.63) is 29.8 Å². The molecule has 124 valence electrons. The van der Waals surface area contributed by atoms with Crippen LogP contribution in [0.2, 0.25) is 39.3 Å². The van der Waals surface area contributed by atoms with Crippen LogP contribution in [0.1, 0.15) is 18.6 Å². The van der Waals surface area contributed by atoms with Crippen molar-refractivity contribution in [2.75, 3.05) is 6.61 Å². The van der Waals surface area contributed by atoms with Gasteiger partial charge in [0.2, 0.25) is 8.32 Å². The molecule has 0 fully saturated rings. The van der Waals surface area contributed by atoms with E-state index in [2.05, 4.69) is 39.3 Å². The van der Waals surface area contributed by atoms with Crippen LogP contribution < -0.4 is 4.43 Å². The van der Waals surface area contributed by atoms with Gasteiger partial charge in [-0.1, -0.05) is 18.2 Å². The highest BCUT2D eigenvalue weighted by Gasteiger charge is 2.32. The van der Waals surface area contributed by atoms with Gasteiger partial charge in [-0.2, -0.15) is 0 Å². The maximum atomic E-state index is 12.4. The van der Waals surface area contributed by atoms with Gasteiger partial charge in [0.15, 0.2) is 14.4 Å². The van der Waals surface area contributed by atoms with Gasteiger partial charge in [-0.15, -0.1) is 0 Å². The third kappa shape index (κ3) is 6.33. The minimum Gasteiger partial charge on any atom is -0.544 e. The molecule has 22 heavy (non-hydrogen) atoms. The molecule has 1 aromatic carbocycles. The zero-order chi connectivity index (χ0) is 17.0. The van der Waals surface area contributed by atoms with Crippen LogP contribution in [0.25, 0.3) is 0 Å². The fourth-order valence-electron chi connectivity index (χ4n) is 1.93. The first kappa shape index (κ1) is 18.9. The van der Waals surface area contributed by atoms with E-state index in [4.69, 9.17) is 13.6 Å². The van der Waals surface area contributed by atoms with Crippen molar-refractivity contribution in [3.8, 4) is 5.75 Å². The van der Waals surface area contributed by atoms with E-state index in [9.17, 15) is 4.79 Å². The maximum Gasteiger partial charge on any atom is 0.338 e. The van der Waals surface area contributed by atoms with Gasteiger partial charge in [0, 0.05) is 5.56 Å². The van der Waals surface area contributed by atoms with Gasteiger partial charge >= 0.3 is 5.97 Å². The summed E-state index contributed by atoms with van der Waals surface area (Å²) in [6.45, 7) is 14.6. The molecule has 6 heteroatoms. The summed E-state index contributed by atoms with van der Waals surface area (Å²) in [4.78, 5) is 12.4. The van der Waals surface area contributed by atoms with Crippen LogP contribution in [-0.4, -0.2) is 29.2 Å². The Morgan fingerprint density at radius 3 is 2.14 bits per heavy atom. The third-order valence-electron chi connectivity index (χ3n) is 2.59. The number of hydrogen-bond donors (Lipinski definition) is 0. The van der Waals surface area contributed by atoms with Crippen LogP contribution in [-0.2, 0) is 14.0 Å². The van der Waals surface area contributed by atoms with Crippen LogP contribution in [0.4, 0.5) is 0 Å². The van der Waals surface area contributed by atoms with Crippen molar-refractivity contribution in [1.82, 2.24) is 0 Å². The second-order valence-corrected chi connectivity index (χ2v) is 16.0. The number of ether oxygens (including phenoxy) is 1. The number of hydrogen-bond acceptors (Lipinski definition) is 4. The zero-order valence-electron chi connectivity index (χ0n) is 14.7. The van der Waals surface area contributed by atoms with Crippen LogP contribution in [0.15, 0.2) is 24.3 Å². The molecule has 0 N–H and O–H groups in total. The molecule has 1 rings (SSSR count). The second kappa shape index (κ2) is 7.43. The quantitative estimate of drug-likeness (QED) is 0.546. The molecule has 1 aromatic rings. The second-order valence-electron chi connectivity index (χ2n) is 7.11. The summed E-state index contributed by atoms with van der Waals surface area (Å²) >= 11 is 0. The van der Waals surface area contributed by atoms with Gasteiger partial charge in [-0.25, -0.2) is 4.79 Å². The first-order chi connectivity index (χ1) is 10.0. The lowest BCUT2D eigenvalue weighted by Gasteiger charge is -2.28. The Bertz CT molecular complexity index is 504. The van der Waals surface area contributed by atoms with E-state index in [0.29, 0.717) is 6.61 Å². The number of para-hydroxylation sites is 1. The number of carbonyl (C=O) groups excluding carboxylic acids is 1. The standard InChI is InChI=1S/C16H28O4Si2/c1-8-18-16(17)15(20-22(5,6)7)13-11-9-10-12-14(13)19-21(2,3)4/h9-12,15H,8H2,1-7H3. The van der Waals surface area contributed by atoms with E-state index in [-0.39, 0.29) is 5.97 Å². The number of carbonyl (C=O) groups is 1. The molecule has 1 atom stereocenters. The first-order valence-electron chi connectivity index (χ1n) is 7.66. The summed E-state index contributed by atoms with van der Waals surface area (Å²) in [5.41, 5.74) is 0.755. The Hall–Kier alpha value is -1.12. The predicted molar refractivity (Wildman–Crippen MR) is 94.2 cm³/mol. The molecule has 0 aliphatic rings. The first-order valence-corrected chi connectivity index (χ1v) is 14.5. The molecule has 4 nitrogen and oxygen atoms in total. The Labute approximate surface area is 136 Å². The van der Waals surface area contributed by atoms with E-state index in [1.807, 2.05) is 24.3 Å². The molecule has 0 amide bonds. The molecule has 0 saturated heterocycles. The fourth-order valence-corrected chi connectivity index (χ4v) is 3.71. The van der Waals surface area contributed by atoms with Crippen molar-refractivity contribution in [2.24, 2.45) is 0 Å². The van der Waals surface area contributed by atoms with Gasteiger partial charge < -0.3 is 13.6 Å². The molecule has 0 spiro atoms. The summed E-state index contributed by atoms with van der Waals surface area (Å²) in [5, 5.41) is 0. The topological polar surface area (TPSA) is 44.8 Å². The van der Waals surface area contributed by atoms with Crippen LogP contribution in [0.5, 0.6) is 5.75 Å². The van der Waals surface area contributed by atoms with Crippen molar-refractivity contribution in [1.29, 1.82) is 0 Å². The smallest absolute Gasteiger partial charge is 0.338 e. The highest BCUT2D eigenvalue weighted by atomic mass is 28.4. The molecule has 0 aliphatic carbocycles. The van der Waals surface area contributed by atoms with Crippen LogP contribution in [0, 0.1) is 0 Å². The Morgan fingerprint density at radius 2 is 1.64 bits per heavy atom. The average Bonchev–Trinajstić information content (AvgIpc) is 2.34. The minimum atomic E-state index is -1.92. The molecular formula is C16H28O4Si2. The normalized spacial score (nSPS) is 13.6. The summed E-state index contributed by atoms with van der Waals surface area (Å²) in [6, 6.07) is 7.59. The minimum absolute atomic E-state index is 0.335. The molecule has 1 unspecified atom stereocenters. The molecule has 0 bridgehead atoms. The molecule has 0 aliphatic heterocycles. The van der Waals surface area contributed by atoms with E-state index in [1.54, 1.807) is 6.92 Å². The zero-order valence-corrected chi connectivity index (χ0v) is 16.7. The lowest BCUT2D eigenvalue weighted by Crippen LogP contribution is -2.34. The van der Waals surface area contributed by atoms with Crippen molar-refractivity contribution in [3.63, 3.8) is 0 Å². The highest BCUT2D eigenvalue weighted by molar-refractivity contribution is 6.70. The third-order valence-corrected chi connectivity index (χ3v) is 4.36. The van der Waals surface area contributed by atoms with Crippen LogP contribution >= 0.6 is 0 Å². The van der Waals surface area contributed by atoms with Gasteiger partial charge in [-0.3, -0.25) is 0 Å². The summed E-state index contributed by atoms with van der Waals surface area (Å²) < 4.78 is 17.4. The fraction of sp³-hybridized carbons (Fsp3) is 0.562. The Morgan fingerprint density at radius 1 is 1.05 bits per heavy atom. The molecule has 0 heterocycles. The SMILES string of the molecule is CCOC(=O)C(O[Si](C)(C)C)c1ccccc1O[Si](C)(C)C. The van der Waals surface area contributed by atoms with Gasteiger partial charge in [0.1, 0.15) is 5.75 Å². The molecule has 0 saturated carbocycles. The molecule has 0 aromatic heterocycles. The highest BCUT2D eigenvalue weighted by Crippen LogP contribution is 2.32. The Kier molecular flexibility index (Phi) is 6.40. The lowest BCUT2D eigenvalue weighted by atomic mass is 10.1. The summed E-state index contributed by atoms with van der Waals surface area (Å²) in [5.74, 6) is 0.370. The van der Waals surface area contributed by atoms with Crippen molar-refractivity contribution in [2.45, 2.75) is 52.3 Å².